The van der Waals surface area contributed by atoms with Gasteiger partial charge in [-0.1, -0.05) is 19.1 Å². The maximum atomic E-state index is 8.95. The molecule has 0 amide bonds. The van der Waals surface area contributed by atoms with Crippen molar-refractivity contribution in [3.05, 3.63) is 12.2 Å². The number of aliphatic hydroxyl groups is 1. The lowest BCUT2D eigenvalue weighted by Gasteiger charge is -2.37. The van der Waals surface area contributed by atoms with Crippen molar-refractivity contribution < 1.29 is 5.11 Å². The van der Waals surface area contributed by atoms with Gasteiger partial charge in [-0.3, -0.25) is 4.90 Å². The molecule has 0 bridgehead atoms. The third-order valence-electron chi connectivity index (χ3n) is 2.99. The predicted molar refractivity (Wildman–Crippen MR) is 51.1 cm³/mol. The van der Waals surface area contributed by atoms with E-state index in [2.05, 4.69) is 30.9 Å². The summed E-state index contributed by atoms with van der Waals surface area (Å²) < 4.78 is 0. The Balaban J connectivity index is 2.52. The summed E-state index contributed by atoms with van der Waals surface area (Å²) in [5, 5.41) is 8.95. The lowest BCUT2D eigenvalue weighted by molar-refractivity contribution is 0.0997. The molecule has 1 N–H and O–H groups in total. The van der Waals surface area contributed by atoms with Crippen molar-refractivity contribution in [1.29, 1.82) is 0 Å². The molecule has 0 saturated heterocycles. The molecule has 1 heterocycles. The molecule has 12 heavy (non-hydrogen) atoms. The van der Waals surface area contributed by atoms with E-state index < -0.39 is 0 Å². The van der Waals surface area contributed by atoms with Crippen molar-refractivity contribution in [2.45, 2.75) is 32.2 Å². The number of aliphatic hydroxyl groups excluding tert-OH is 1. The van der Waals surface area contributed by atoms with Crippen LogP contribution in [0.3, 0.4) is 0 Å². The van der Waals surface area contributed by atoms with Crippen molar-refractivity contribution in [1.82, 2.24) is 4.90 Å². The smallest absolute Gasteiger partial charge is 0.0448 e. The highest BCUT2D eigenvalue weighted by molar-refractivity contribution is 5.01. The second-order valence-electron chi connectivity index (χ2n) is 3.70. The Kier molecular flexibility index (Phi) is 3.29. The highest BCUT2D eigenvalue weighted by Crippen LogP contribution is 2.24. The van der Waals surface area contributed by atoms with E-state index in [-0.39, 0.29) is 5.54 Å². The van der Waals surface area contributed by atoms with Crippen LogP contribution in [0.2, 0.25) is 0 Å². The zero-order valence-corrected chi connectivity index (χ0v) is 8.08. The van der Waals surface area contributed by atoms with Crippen molar-refractivity contribution in [2.75, 3.05) is 19.7 Å². The van der Waals surface area contributed by atoms with E-state index in [9.17, 15) is 0 Å². The van der Waals surface area contributed by atoms with Gasteiger partial charge in [0, 0.05) is 25.2 Å². The molecule has 1 rings (SSSR count). The molecule has 1 aliphatic rings. The summed E-state index contributed by atoms with van der Waals surface area (Å²) >= 11 is 0. The Labute approximate surface area is 74.9 Å². The van der Waals surface area contributed by atoms with Crippen LogP contribution in [0.5, 0.6) is 0 Å². The van der Waals surface area contributed by atoms with Crippen LogP contribution in [-0.4, -0.2) is 35.2 Å². The van der Waals surface area contributed by atoms with Crippen LogP contribution in [0.4, 0.5) is 0 Å². The first-order chi connectivity index (χ1) is 5.73. The summed E-state index contributed by atoms with van der Waals surface area (Å²) in [5.41, 5.74) is 0.193. The molecule has 0 radical (unpaired) electrons. The highest BCUT2D eigenvalue weighted by Gasteiger charge is 2.29. The fraction of sp³-hybridized carbons (Fsp3) is 0.800. The fourth-order valence-electron chi connectivity index (χ4n) is 1.72. The van der Waals surface area contributed by atoms with Crippen LogP contribution in [0.15, 0.2) is 12.2 Å². The molecule has 1 atom stereocenters. The highest BCUT2D eigenvalue weighted by atomic mass is 16.3. The largest absolute Gasteiger partial charge is 0.396 e. The quantitative estimate of drug-likeness (QED) is 0.643. The topological polar surface area (TPSA) is 23.5 Å². The second kappa shape index (κ2) is 4.06. The van der Waals surface area contributed by atoms with E-state index in [1.54, 1.807) is 0 Å². The lowest BCUT2D eigenvalue weighted by Crippen LogP contribution is -2.45. The molecule has 0 spiro atoms. The first kappa shape index (κ1) is 9.75. The van der Waals surface area contributed by atoms with Crippen molar-refractivity contribution in [3.63, 3.8) is 0 Å². The van der Waals surface area contributed by atoms with Gasteiger partial charge in [-0.05, 0) is 19.8 Å². The first-order valence-corrected chi connectivity index (χ1v) is 4.74. The van der Waals surface area contributed by atoms with E-state index in [0.29, 0.717) is 6.61 Å². The molecular weight excluding hydrogens is 150 g/mol. The summed E-state index contributed by atoms with van der Waals surface area (Å²) in [4.78, 5) is 2.42. The lowest BCUT2D eigenvalue weighted by atomic mass is 9.93. The Morgan fingerprint density at radius 2 is 2.00 bits per heavy atom. The maximum Gasteiger partial charge on any atom is 0.0448 e. The molecule has 0 aromatic rings. The molecular formula is C10H19NO. The molecule has 70 valence electrons. The molecule has 0 aromatic carbocycles. The first-order valence-electron chi connectivity index (χ1n) is 4.74. The normalized spacial score (nSPS) is 22.9. The Bertz CT molecular complexity index is 159. The average molecular weight is 169 g/mol. The number of hydrogen-bond donors (Lipinski definition) is 1. The van der Waals surface area contributed by atoms with Gasteiger partial charge >= 0.3 is 0 Å². The van der Waals surface area contributed by atoms with Crippen LogP contribution in [0, 0.1) is 0 Å². The Hall–Kier alpha value is -0.340. The average Bonchev–Trinajstić information content (AvgIpc) is 2.57. The van der Waals surface area contributed by atoms with Gasteiger partial charge in [-0.2, -0.15) is 0 Å². The molecule has 2 nitrogen and oxygen atoms in total. The van der Waals surface area contributed by atoms with Gasteiger partial charge in [-0.25, -0.2) is 0 Å². The number of nitrogens with zero attached hydrogens (tertiary/aromatic N) is 1. The minimum absolute atomic E-state index is 0.193. The van der Waals surface area contributed by atoms with Crippen molar-refractivity contribution in [2.24, 2.45) is 0 Å². The van der Waals surface area contributed by atoms with Gasteiger partial charge in [0.05, 0.1) is 0 Å². The van der Waals surface area contributed by atoms with Crippen LogP contribution in [0.1, 0.15) is 26.7 Å². The molecule has 0 fully saturated rings. The van der Waals surface area contributed by atoms with Gasteiger partial charge in [0.1, 0.15) is 0 Å². The van der Waals surface area contributed by atoms with E-state index in [4.69, 9.17) is 5.11 Å². The maximum absolute atomic E-state index is 8.95. The van der Waals surface area contributed by atoms with Gasteiger partial charge in [-0.15, -0.1) is 0 Å². The molecule has 0 aromatic heterocycles. The zero-order chi connectivity index (χ0) is 9.03. The van der Waals surface area contributed by atoms with Gasteiger partial charge in [0.2, 0.25) is 0 Å². The zero-order valence-electron chi connectivity index (χ0n) is 8.08. The standard InChI is InChI=1S/C10H19NO/c1-3-10(2,6-9-12)11-7-4-5-8-11/h4-5,12H,3,6-9H2,1-2H3. The van der Waals surface area contributed by atoms with E-state index in [1.165, 1.54) is 0 Å². The van der Waals surface area contributed by atoms with E-state index >= 15 is 0 Å². The van der Waals surface area contributed by atoms with Crippen LogP contribution in [0.25, 0.3) is 0 Å². The summed E-state index contributed by atoms with van der Waals surface area (Å²) in [6.45, 7) is 6.81. The monoisotopic (exact) mass is 169 g/mol. The Morgan fingerprint density at radius 3 is 2.42 bits per heavy atom. The summed E-state index contributed by atoms with van der Waals surface area (Å²) in [6, 6.07) is 0. The van der Waals surface area contributed by atoms with Gasteiger partial charge < -0.3 is 5.11 Å². The van der Waals surface area contributed by atoms with Gasteiger partial charge in [0.15, 0.2) is 0 Å². The minimum atomic E-state index is 0.193. The van der Waals surface area contributed by atoms with Crippen LogP contribution in [-0.2, 0) is 0 Å². The molecule has 1 unspecified atom stereocenters. The minimum Gasteiger partial charge on any atom is -0.396 e. The third kappa shape index (κ3) is 1.87. The van der Waals surface area contributed by atoms with Crippen molar-refractivity contribution >= 4 is 0 Å². The molecule has 2 heteroatoms. The van der Waals surface area contributed by atoms with E-state index in [0.717, 1.165) is 25.9 Å². The summed E-state index contributed by atoms with van der Waals surface area (Å²) in [5.74, 6) is 0. The Morgan fingerprint density at radius 1 is 1.42 bits per heavy atom. The summed E-state index contributed by atoms with van der Waals surface area (Å²) in [6.07, 6.45) is 6.39. The van der Waals surface area contributed by atoms with Crippen molar-refractivity contribution in [3.8, 4) is 0 Å². The second-order valence-corrected chi connectivity index (χ2v) is 3.70. The molecule has 0 saturated carbocycles. The molecule has 1 aliphatic heterocycles. The van der Waals surface area contributed by atoms with Crippen LogP contribution < -0.4 is 0 Å². The predicted octanol–water partition coefficient (Wildman–Crippen LogP) is 1.41. The van der Waals surface area contributed by atoms with Gasteiger partial charge in [0.25, 0.3) is 0 Å². The van der Waals surface area contributed by atoms with E-state index in [1.807, 2.05) is 0 Å². The van der Waals surface area contributed by atoms with Crippen LogP contribution >= 0.6 is 0 Å². The number of rotatable bonds is 4. The number of hydrogen-bond acceptors (Lipinski definition) is 2. The summed E-state index contributed by atoms with van der Waals surface area (Å²) in [7, 11) is 0. The molecule has 0 aliphatic carbocycles. The third-order valence-corrected chi connectivity index (χ3v) is 2.99. The fourth-order valence-corrected chi connectivity index (χ4v) is 1.72. The SMILES string of the molecule is CCC(C)(CCO)N1CC=CC1.